The fourth-order valence-corrected chi connectivity index (χ4v) is 4.56. The van der Waals surface area contributed by atoms with Gasteiger partial charge < -0.3 is 10.2 Å². The van der Waals surface area contributed by atoms with E-state index in [4.69, 9.17) is 0 Å². The highest BCUT2D eigenvalue weighted by atomic mass is 32.2. The molecule has 0 amide bonds. The van der Waals surface area contributed by atoms with Crippen molar-refractivity contribution in [2.75, 3.05) is 21.1 Å². The van der Waals surface area contributed by atoms with Crippen LogP contribution in [-0.4, -0.2) is 55.8 Å². The second-order valence-corrected chi connectivity index (χ2v) is 9.93. The summed E-state index contributed by atoms with van der Waals surface area (Å²) in [7, 11) is 1.83. The zero-order chi connectivity index (χ0) is 20.9. The van der Waals surface area contributed by atoms with E-state index in [2.05, 4.69) is 15.3 Å². The van der Waals surface area contributed by atoms with Gasteiger partial charge in [0.2, 0.25) is 10.0 Å². The number of aryl methyl sites for hydroxylation is 1. The molecule has 0 bridgehead atoms. The van der Waals surface area contributed by atoms with Gasteiger partial charge in [0.25, 0.3) is 0 Å². The summed E-state index contributed by atoms with van der Waals surface area (Å²) in [5.41, 5.74) is 1.99. The van der Waals surface area contributed by atoms with Gasteiger partial charge in [0.1, 0.15) is 0 Å². The molecule has 0 radical (unpaired) electrons. The predicted molar refractivity (Wildman–Crippen MR) is 115 cm³/mol. The largest absolute Gasteiger partial charge is 0.352 e. The molecule has 0 fully saturated rings. The molecule has 0 saturated heterocycles. The monoisotopic (exact) mass is 423 g/mol. The topological polar surface area (TPSA) is 77.9 Å². The highest BCUT2D eigenvalue weighted by molar-refractivity contribution is 7.89. The summed E-state index contributed by atoms with van der Waals surface area (Å²) < 4.78 is 26.5. The molecule has 0 saturated carbocycles. The SMILES string of the molecule is CN=C(NCc1ccc(S(=O)(=O)N(C)C(C)C)cc1)N(C)Cc1csc(C)n1. The molecule has 9 heteroatoms. The molecular formula is C19H29N5O2S2. The number of nitrogens with zero attached hydrogens (tertiary/aromatic N) is 4. The number of thiazole rings is 1. The van der Waals surface area contributed by atoms with Crippen molar-refractivity contribution in [3.63, 3.8) is 0 Å². The maximum Gasteiger partial charge on any atom is 0.243 e. The van der Waals surface area contributed by atoms with E-state index in [-0.39, 0.29) is 6.04 Å². The lowest BCUT2D eigenvalue weighted by atomic mass is 10.2. The van der Waals surface area contributed by atoms with Gasteiger partial charge in [-0.3, -0.25) is 4.99 Å². The first kappa shape index (κ1) is 22.3. The second kappa shape index (κ2) is 9.49. The molecule has 1 heterocycles. The van der Waals surface area contributed by atoms with Gasteiger partial charge in [0.05, 0.1) is 22.1 Å². The number of aliphatic imine (C=N–C) groups is 1. The molecule has 0 spiro atoms. The minimum absolute atomic E-state index is 0.0910. The standard InChI is InChI=1S/C19H29N5O2S2/c1-14(2)24(6)28(25,26)18-9-7-16(8-10-18)11-21-19(20-4)23(5)12-17-13-27-15(3)22-17/h7-10,13-14H,11-12H2,1-6H3,(H,20,21). The molecule has 28 heavy (non-hydrogen) atoms. The van der Waals surface area contributed by atoms with Gasteiger partial charge in [-0.15, -0.1) is 11.3 Å². The Kier molecular flexibility index (Phi) is 7.56. The second-order valence-electron chi connectivity index (χ2n) is 6.87. The van der Waals surface area contributed by atoms with Crippen LogP contribution in [0.2, 0.25) is 0 Å². The third-order valence-corrected chi connectivity index (χ3v) is 7.29. The molecule has 0 atom stereocenters. The number of aromatic nitrogens is 1. The molecule has 154 valence electrons. The lowest BCUT2D eigenvalue weighted by Crippen LogP contribution is -2.38. The first-order valence-electron chi connectivity index (χ1n) is 9.05. The van der Waals surface area contributed by atoms with E-state index in [9.17, 15) is 8.42 Å². The van der Waals surface area contributed by atoms with Crippen LogP contribution in [0.3, 0.4) is 0 Å². The first-order chi connectivity index (χ1) is 13.1. The van der Waals surface area contributed by atoms with Crippen LogP contribution >= 0.6 is 11.3 Å². The summed E-state index contributed by atoms with van der Waals surface area (Å²) in [5, 5.41) is 6.40. The molecule has 1 aromatic carbocycles. The van der Waals surface area contributed by atoms with E-state index >= 15 is 0 Å². The van der Waals surface area contributed by atoms with Gasteiger partial charge >= 0.3 is 0 Å². The van der Waals surface area contributed by atoms with E-state index in [1.807, 2.05) is 50.2 Å². The number of rotatable bonds is 7. The van der Waals surface area contributed by atoms with Crippen molar-refractivity contribution in [2.45, 2.75) is 44.8 Å². The minimum atomic E-state index is -3.46. The van der Waals surface area contributed by atoms with Crippen LogP contribution in [0, 0.1) is 6.92 Å². The van der Waals surface area contributed by atoms with Crippen molar-refractivity contribution in [3.8, 4) is 0 Å². The van der Waals surface area contributed by atoms with E-state index in [1.165, 1.54) is 4.31 Å². The summed E-state index contributed by atoms with van der Waals surface area (Å²) in [6.45, 7) is 6.91. The van der Waals surface area contributed by atoms with Crippen LogP contribution in [0.15, 0.2) is 39.5 Å². The molecule has 1 aromatic heterocycles. The van der Waals surface area contributed by atoms with Crippen LogP contribution in [0.4, 0.5) is 0 Å². The Morgan fingerprint density at radius 2 is 1.89 bits per heavy atom. The summed E-state index contributed by atoms with van der Waals surface area (Å²) in [5.74, 6) is 0.752. The van der Waals surface area contributed by atoms with Crippen molar-refractivity contribution >= 4 is 27.3 Å². The third kappa shape index (κ3) is 5.52. The highest BCUT2D eigenvalue weighted by Gasteiger charge is 2.22. The minimum Gasteiger partial charge on any atom is -0.352 e. The van der Waals surface area contributed by atoms with Crippen LogP contribution in [0.25, 0.3) is 0 Å². The van der Waals surface area contributed by atoms with Crippen LogP contribution in [0.5, 0.6) is 0 Å². The number of hydrogen-bond acceptors (Lipinski definition) is 5. The van der Waals surface area contributed by atoms with Crippen LogP contribution in [-0.2, 0) is 23.1 Å². The smallest absolute Gasteiger partial charge is 0.243 e. The number of guanidine groups is 1. The maximum atomic E-state index is 12.5. The average Bonchev–Trinajstić information content (AvgIpc) is 3.06. The quantitative estimate of drug-likeness (QED) is 0.547. The fraction of sp³-hybridized carbons (Fsp3) is 0.474. The number of nitrogens with one attached hydrogen (secondary N) is 1. The molecule has 7 nitrogen and oxygen atoms in total. The Hall–Kier alpha value is -1.97. The van der Waals surface area contributed by atoms with Gasteiger partial charge in [-0.25, -0.2) is 13.4 Å². The molecule has 2 aromatic rings. The summed E-state index contributed by atoms with van der Waals surface area (Å²) in [6.07, 6.45) is 0. The number of benzene rings is 1. The van der Waals surface area contributed by atoms with Crippen molar-refractivity contribution in [1.82, 2.24) is 19.5 Å². The lowest BCUT2D eigenvalue weighted by Gasteiger charge is -2.22. The zero-order valence-electron chi connectivity index (χ0n) is 17.3. The molecule has 0 aliphatic carbocycles. The first-order valence-corrected chi connectivity index (χ1v) is 11.4. The molecule has 2 rings (SSSR count). The Bertz CT molecular complexity index is 905. The van der Waals surface area contributed by atoms with E-state index in [0.29, 0.717) is 18.0 Å². The molecule has 0 aliphatic heterocycles. The molecule has 0 unspecified atom stereocenters. The highest BCUT2D eigenvalue weighted by Crippen LogP contribution is 2.17. The Labute approximate surface area is 172 Å². The van der Waals surface area contributed by atoms with E-state index in [1.54, 1.807) is 37.6 Å². The molecule has 1 N–H and O–H groups in total. The maximum absolute atomic E-state index is 12.5. The predicted octanol–water partition coefficient (Wildman–Crippen LogP) is 2.69. The summed E-state index contributed by atoms with van der Waals surface area (Å²) >= 11 is 1.63. The van der Waals surface area contributed by atoms with E-state index < -0.39 is 10.0 Å². The Balaban J connectivity index is 1.99. The normalized spacial score (nSPS) is 12.6. The van der Waals surface area contributed by atoms with Crippen LogP contribution in [0.1, 0.15) is 30.1 Å². The Morgan fingerprint density at radius 3 is 2.39 bits per heavy atom. The van der Waals surface area contributed by atoms with E-state index in [0.717, 1.165) is 22.2 Å². The van der Waals surface area contributed by atoms with Crippen molar-refractivity contribution in [2.24, 2.45) is 4.99 Å². The van der Waals surface area contributed by atoms with Crippen molar-refractivity contribution in [3.05, 3.63) is 45.9 Å². The average molecular weight is 424 g/mol. The summed E-state index contributed by atoms with van der Waals surface area (Å²) in [6, 6.07) is 6.86. The van der Waals surface area contributed by atoms with Crippen LogP contribution < -0.4 is 5.32 Å². The fourth-order valence-electron chi connectivity index (χ4n) is 2.59. The summed E-state index contributed by atoms with van der Waals surface area (Å²) in [4.78, 5) is 11.1. The van der Waals surface area contributed by atoms with Gasteiger partial charge in [0, 0.05) is 39.1 Å². The van der Waals surface area contributed by atoms with Gasteiger partial charge in [-0.1, -0.05) is 12.1 Å². The number of sulfonamides is 1. The van der Waals surface area contributed by atoms with Gasteiger partial charge in [-0.2, -0.15) is 4.31 Å². The van der Waals surface area contributed by atoms with Crippen molar-refractivity contribution in [1.29, 1.82) is 0 Å². The van der Waals surface area contributed by atoms with Crippen molar-refractivity contribution < 1.29 is 8.42 Å². The van der Waals surface area contributed by atoms with Gasteiger partial charge in [-0.05, 0) is 38.5 Å². The zero-order valence-corrected chi connectivity index (χ0v) is 18.9. The molecular weight excluding hydrogens is 394 g/mol. The number of hydrogen-bond donors (Lipinski definition) is 1. The molecule has 0 aliphatic rings. The lowest BCUT2D eigenvalue weighted by molar-refractivity contribution is 0.410. The Morgan fingerprint density at radius 1 is 1.25 bits per heavy atom. The third-order valence-electron chi connectivity index (χ3n) is 4.42. The van der Waals surface area contributed by atoms with Gasteiger partial charge in [0.15, 0.2) is 5.96 Å².